The van der Waals surface area contributed by atoms with Gasteiger partial charge < -0.3 is 4.74 Å². The molecule has 1 aromatic rings. The van der Waals surface area contributed by atoms with Crippen molar-refractivity contribution in [1.29, 1.82) is 0 Å². The van der Waals surface area contributed by atoms with Crippen molar-refractivity contribution >= 4 is 11.7 Å². The third-order valence-corrected chi connectivity index (χ3v) is 2.49. The van der Waals surface area contributed by atoms with Crippen molar-refractivity contribution in [3.63, 3.8) is 0 Å². The molecule has 1 aliphatic rings. The number of para-hydroxylation sites is 1. The van der Waals surface area contributed by atoms with Crippen molar-refractivity contribution in [2.45, 2.75) is 6.42 Å². The van der Waals surface area contributed by atoms with E-state index in [1.165, 1.54) is 12.7 Å². The monoisotopic (exact) mass is 206 g/mol. The van der Waals surface area contributed by atoms with Crippen molar-refractivity contribution in [1.82, 2.24) is 5.43 Å². The van der Waals surface area contributed by atoms with E-state index >= 15 is 0 Å². The largest absolute Gasteiger partial charge is 0.468 e. The molecule has 0 aromatic heterocycles. The molecule has 1 N–H and O–H groups in total. The lowest BCUT2D eigenvalue weighted by Gasteiger charge is -2.30. The number of esters is 1. The molecule has 1 heterocycles. The molecular formula is C11H14N2O2. The lowest BCUT2D eigenvalue weighted by Crippen LogP contribution is -2.46. The highest BCUT2D eigenvalue weighted by Gasteiger charge is 2.18. The van der Waals surface area contributed by atoms with Crippen LogP contribution in [0.3, 0.4) is 0 Å². The molecule has 1 aliphatic heterocycles. The molecule has 0 fully saturated rings. The van der Waals surface area contributed by atoms with Gasteiger partial charge in [-0.1, -0.05) is 18.2 Å². The van der Waals surface area contributed by atoms with E-state index in [4.69, 9.17) is 0 Å². The standard InChI is InChI=1S/C11H14N2O2/c1-15-11(14)8-13-10-5-3-2-4-9(10)6-7-12-13/h2-5,12H,6-8H2,1H3. The molecule has 15 heavy (non-hydrogen) atoms. The first-order valence-electron chi connectivity index (χ1n) is 4.97. The summed E-state index contributed by atoms with van der Waals surface area (Å²) in [6.45, 7) is 1.10. The first-order valence-corrected chi connectivity index (χ1v) is 4.97. The van der Waals surface area contributed by atoms with E-state index in [1.807, 2.05) is 23.2 Å². The zero-order valence-electron chi connectivity index (χ0n) is 8.69. The fourth-order valence-electron chi connectivity index (χ4n) is 1.73. The van der Waals surface area contributed by atoms with Gasteiger partial charge in [0.1, 0.15) is 6.54 Å². The van der Waals surface area contributed by atoms with Crippen LogP contribution in [-0.2, 0) is 16.0 Å². The Labute approximate surface area is 88.8 Å². The van der Waals surface area contributed by atoms with Crippen LogP contribution in [-0.4, -0.2) is 26.2 Å². The van der Waals surface area contributed by atoms with Crippen LogP contribution >= 0.6 is 0 Å². The summed E-state index contributed by atoms with van der Waals surface area (Å²) >= 11 is 0. The normalized spacial score (nSPS) is 14.6. The topological polar surface area (TPSA) is 41.6 Å². The molecule has 0 atom stereocenters. The molecule has 0 bridgehead atoms. The molecule has 80 valence electrons. The van der Waals surface area contributed by atoms with E-state index in [-0.39, 0.29) is 12.5 Å². The Morgan fingerprint density at radius 2 is 2.33 bits per heavy atom. The Morgan fingerprint density at radius 1 is 1.53 bits per heavy atom. The van der Waals surface area contributed by atoms with Crippen LogP contribution in [0.1, 0.15) is 5.56 Å². The minimum Gasteiger partial charge on any atom is -0.468 e. The van der Waals surface area contributed by atoms with E-state index in [1.54, 1.807) is 0 Å². The number of nitrogens with one attached hydrogen (secondary N) is 1. The van der Waals surface area contributed by atoms with Gasteiger partial charge in [0.05, 0.1) is 12.8 Å². The zero-order valence-corrected chi connectivity index (χ0v) is 8.69. The number of rotatable bonds is 2. The van der Waals surface area contributed by atoms with Crippen LogP contribution in [0.4, 0.5) is 5.69 Å². The molecule has 0 amide bonds. The first kappa shape index (κ1) is 9.98. The summed E-state index contributed by atoms with van der Waals surface area (Å²) in [7, 11) is 1.40. The summed E-state index contributed by atoms with van der Waals surface area (Å²) in [5.74, 6) is -0.237. The van der Waals surface area contributed by atoms with Crippen LogP contribution in [0, 0.1) is 0 Å². The van der Waals surface area contributed by atoms with Gasteiger partial charge in [-0.05, 0) is 18.1 Å². The molecule has 0 spiro atoms. The van der Waals surface area contributed by atoms with Gasteiger partial charge >= 0.3 is 5.97 Å². The summed E-state index contributed by atoms with van der Waals surface area (Å²) in [6.07, 6.45) is 0.994. The van der Waals surface area contributed by atoms with Crippen molar-refractivity contribution in [2.24, 2.45) is 0 Å². The van der Waals surface area contributed by atoms with Crippen LogP contribution in [0.5, 0.6) is 0 Å². The molecule has 0 unspecified atom stereocenters. The van der Waals surface area contributed by atoms with Gasteiger partial charge in [-0.25, -0.2) is 5.43 Å². The number of benzene rings is 1. The van der Waals surface area contributed by atoms with Gasteiger partial charge in [0.2, 0.25) is 0 Å². The van der Waals surface area contributed by atoms with Crippen LogP contribution < -0.4 is 10.4 Å². The molecule has 0 saturated carbocycles. The average molecular weight is 206 g/mol. The molecular weight excluding hydrogens is 192 g/mol. The Hall–Kier alpha value is -1.55. The maximum Gasteiger partial charge on any atom is 0.326 e. The average Bonchev–Trinajstić information content (AvgIpc) is 2.29. The number of carbonyl (C=O) groups excluding carboxylic acids is 1. The van der Waals surface area contributed by atoms with Crippen LogP contribution in [0.25, 0.3) is 0 Å². The van der Waals surface area contributed by atoms with Crippen molar-refractivity contribution in [3.8, 4) is 0 Å². The number of carbonyl (C=O) groups is 1. The van der Waals surface area contributed by atoms with E-state index in [2.05, 4.69) is 16.2 Å². The fraction of sp³-hybridized carbons (Fsp3) is 0.364. The van der Waals surface area contributed by atoms with Gasteiger partial charge in [-0.2, -0.15) is 0 Å². The number of methoxy groups -OCH3 is 1. The minimum atomic E-state index is -0.237. The van der Waals surface area contributed by atoms with Gasteiger partial charge in [0.25, 0.3) is 0 Å². The second kappa shape index (κ2) is 4.31. The number of fused-ring (bicyclic) bond motifs is 1. The lowest BCUT2D eigenvalue weighted by atomic mass is 10.1. The van der Waals surface area contributed by atoms with Gasteiger partial charge in [0, 0.05) is 6.54 Å². The predicted molar refractivity (Wildman–Crippen MR) is 57.5 cm³/mol. The van der Waals surface area contributed by atoms with Gasteiger partial charge in [0.15, 0.2) is 0 Å². The molecule has 2 rings (SSSR count). The number of hydrazine groups is 1. The molecule has 4 heteroatoms. The Morgan fingerprint density at radius 3 is 3.13 bits per heavy atom. The Bertz CT molecular complexity index is 365. The highest BCUT2D eigenvalue weighted by Crippen LogP contribution is 2.22. The Kier molecular flexibility index (Phi) is 2.87. The SMILES string of the molecule is COC(=O)CN1NCCc2ccccc21. The van der Waals surface area contributed by atoms with E-state index in [0.717, 1.165) is 18.7 Å². The van der Waals surface area contributed by atoms with E-state index in [9.17, 15) is 4.79 Å². The molecule has 0 aliphatic carbocycles. The number of hydrogen-bond donors (Lipinski definition) is 1. The van der Waals surface area contributed by atoms with Crippen molar-refractivity contribution in [3.05, 3.63) is 29.8 Å². The summed E-state index contributed by atoms with van der Waals surface area (Å²) in [6, 6.07) is 8.07. The molecule has 1 aromatic carbocycles. The summed E-state index contributed by atoms with van der Waals surface area (Å²) in [5, 5.41) is 1.84. The van der Waals surface area contributed by atoms with Gasteiger partial charge in [-0.15, -0.1) is 0 Å². The van der Waals surface area contributed by atoms with Crippen molar-refractivity contribution < 1.29 is 9.53 Å². The lowest BCUT2D eigenvalue weighted by molar-refractivity contribution is -0.139. The fourth-order valence-corrected chi connectivity index (χ4v) is 1.73. The smallest absolute Gasteiger partial charge is 0.326 e. The molecule has 4 nitrogen and oxygen atoms in total. The molecule has 0 radical (unpaired) electrons. The second-order valence-electron chi connectivity index (χ2n) is 3.45. The maximum absolute atomic E-state index is 11.2. The number of hydrogen-bond acceptors (Lipinski definition) is 4. The second-order valence-corrected chi connectivity index (χ2v) is 3.45. The Balaban J connectivity index is 2.18. The highest BCUT2D eigenvalue weighted by atomic mass is 16.5. The van der Waals surface area contributed by atoms with E-state index < -0.39 is 0 Å². The quantitative estimate of drug-likeness (QED) is 0.724. The number of nitrogens with zero attached hydrogens (tertiary/aromatic N) is 1. The van der Waals surface area contributed by atoms with Gasteiger partial charge in [-0.3, -0.25) is 9.80 Å². The maximum atomic E-state index is 11.2. The predicted octanol–water partition coefficient (Wildman–Crippen LogP) is 0.727. The summed E-state index contributed by atoms with van der Waals surface area (Å²) < 4.78 is 4.65. The zero-order chi connectivity index (χ0) is 10.7. The van der Waals surface area contributed by atoms with Crippen LogP contribution in [0.15, 0.2) is 24.3 Å². The number of anilines is 1. The minimum absolute atomic E-state index is 0.237. The van der Waals surface area contributed by atoms with Crippen molar-refractivity contribution in [2.75, 3.05) is 25.2 Å². The third kappa shape index (κ3) is 2.10. The highest BCUT2D eigenvalue weighted by molar-refractivity contribution is 5.76. The third-order valence-electron chi connectivity index (χ3n) is 2.49. The van der Waals surface area contributed by atoms with E-state index in [0.29, 0.717) is 0 Å². The van der Waals surface area contributed by atoms with Crippen LogP contribution in [0.2, 0.25) is 0 Å². The summed E-state index contributed by atoms with van der Waals surface area (Å²) in [4.78, 5) is 11.2. The summed E-state index contributed by atoms with van der Waals surface area (Å²) in [5.41, 5.74) is 5.50. The molecule has 0 saturated heterocycles. The first-order chi connectivity index (χ1) is 7.31. The number of ether oxygens (including phenoxy) is 1.